The third kappa shape index (κ3) is 2.82. The van der Waals surface area contributed by atoms with Gasteiger partial charge >= 0.3 is 0 Å². The van der Waals surface area contributed by atoms with Crippen LogP contribution in [0.2, 0.25) is 0 Å². The van der Waals surface area contributed by atoms with Gasteiger partial charge in [0.2, 0.25) is 0 Å². The van der Waals surface area contributed by atoms with E-state index >= 15 is 0 Å². The van der Waals surface area contributed by atoms with Crippen LogP contribution in [-0.4, -0.2) is 35.8 Å². The molecular weight excluding hydrogens is 204 g/mol. The lowest BCUT2D eigenvalue weighted by Gasteiger charge is -2.13. The Morgan fingerprint density at radius 1 is 1.44 bits per heavy atom. The Morgan fingerprint density at radius 3 is 2.94 bits per heavy atom. The monoisotopic (exact) mass is 222 g/mol. The number of rotatable bonds is 4. The van der Waals surface area contributed by atoms with Crippen LogP contribution in [0.1, 0.15) is 19.2 Å². The maximum atomic E-state index is 5.32. The Labute approximate surface area is 95.6 Å². The highest BCUT2D eigenvalue weighted by Crippen LogP contribution is 2.15. The lowest BCUT2D eigenvalue weighted by atomic mass is 10.2. The van der Waals surface area contributed by atoms with Crippen LogP contribution in [0.15, 0.2) is 6.07 Å². The third-order valence-electron chi connectivity index (χ3n) is 2.48. The van der Waals surface area contributed by atoms with Gasteiger partial charge in [0.15, 0.2) is 0 Å². The summed E-state index contributed by atoms with van der Waals surface area (Å²) in [4.78, 5) is 8.67. The van der Waals surface area contributed by atoms with Gasteiger partial charge in [-0.05, 0) is 20.3 Å². The van der Waals surface area contributed by atoms with E-state index in [4.69, 9.17) is 4.74 Å². The first-order valence-electron chi connectivity index (χ1n) is 5.71. The second-order valence-corrected chi connectivity index (χ2v) is 3.92. The molecule has 1 fully saturated rings. The molecule has 5 nitrogen and oxygen atoms in total. The van der Waals surface area contributed by atoms with Gasteiger partial charge in [-0.15, -0.1) is 0 Å². The average molecular weight is 222 g/mol. The number of aryl methyl sites for hydroxylation is 1. The molecule has 2 rings (SSSR count). The maximum absolute atomic E-state index is 5.32. The van der Waals surface area contributed by atoms with E-state index in [1.165, 1.54) is 0 Å². The Hall–Kier alpha value is -1.36. The fourth-order valence-electron chi connectivity index (χ4n) is 1.77. The molecule has 2 heterocycles. The largest absolute Gasteiger partial charge is 0.379 e. The van der Waals surface area contributed by atoms with Crippen molar-refractivity contribution in [3.63, 3.8) is 0 Å². The molecule has 16 heavy (non-hydrogen) atoms. The summed E-state index contributed by atoms with van der Waals surface area (Å²) in [5, 5.41) is 6.56. The summed E-state index contributed by atoms with van der Waals surface area (Å²) in [6, 6.07) is 2.32. The zero-order valence-electron chi connectivity index (χ0n) is 9.79. The van der Waals surface area contributed by atoms with E-state index in [0.29, 0.717) is 6.04 Å². The summed E-state index contributed by atoms with van der Waals surface area (Å²) in [6.45, 7) is 6.41. The zero-order chi connectivity index (χ0) is 11.4. The van der Waals surface area contributed by atoms with Crippen LogP contribution in [0.5, 0.6) is 0 Å². The Bertz CT molecular complexity index is 350. The summed E-state index contributed by atoms with van der Waals surface area (Å²) in [5.41, 5.74) is 0. The van der Waals surface area contributed by atoms with Crippen molar-refractivity contribution in [2.45, 2.75) is 26.3 Å². The Kier molecular flexibility index (Phi) is 3.56. The molecule has 1 saturated heterocycles. The van der Waals surface area contributed by atoms with Crippen LogP contribution < -0.4 is 10.6 Å². The van der Waals surface area contributed by atoms with Gasteiger partial charge in [-0.1, -0.05) is 0 Å². The number of nitrogens with one attached hydrogen (secondary N) is 2. The molecule has 0 aromatic carbocycles. The summed E-state index contributed by atoms with van der Waals surface area (Å²) >= 11 is 0. The highest BCUT2D eigenvalue weighted by atomic mass is 16.5. The molecule has 5 heteroatoms. The quantitative estimate of drug-likeness (QED) is 0.806. The standard InChI is InChI=1S/C11H18N4O/c1-3-12-10-6-11(14-8(2)13-10)15-9-4-5-16-7-9/h6,9H,3-5,7H2,1-2H3,(H2,12,13,14,15). The third-order valence-corrected chi connectivity index (χ3v) is 2.48. The van der Waals surface area contributed by atoms with Crippen molar-refractivity contribution in [3.05, 3.63) is 11.9 Å². The Morgan fingerprint density at radius 2 is 2.25 bits per heavy atom. The van der Waals surface area contributed by atoms with Gasteiger partial charge in [-0.3, -0.25) is 0 Å². The van der Waals surface area contributed by atoms with Crippen LogP contribution in [0.25, 0.3) is 0 Å². The highest BCUT2D eigenvalue weighted by molar-refractivity contribution is 5.48. The summed E-state index contributed by atoms with van der Waals surface area (Å²) in [7, 11) is 0. The molecule has 0 amide bonds. The summed E-state index contributed by atoms with van der Waals surface area (Å²) in [5.74, 6) is 2.52. The predicted molar refractivity (Wildman–Crippen MR) is 63.8 cm³/mol. The topological polar surface area (TPSA) is 59.1 Å². The van der Waals surface area contributed by atoms with E-state index < -0.39 is 0 Å². The van der Waals surface area contributed by atoms with E-state index in [1.54, 1.807) is 0 Å². The van der Waals surface area contributed by atoms with Crippen LogP contribution in [-0.2, 0) is 4.74 Å². The zero-order valence-corrected chi connectivity index (χ0v) is 9.79. The van der Waals surface area contributed by atoms with Crippen molar-refractivity contribution in [1.29, 1.82) is 0 Å². The first-order chi connectivity index (χ1) is 7.78. The van der Waals surface area contributed by atoms with Gasteiger partial charge in [-0.2, -0.15) is 0 Å². The molecule has 2 N–H and O–H groups in total. The highest BCUT2D eigenvalue weighted by Gasteiger charge is 2.15. The maximum Gasteiger partial charge on any atom is 0.132 e. The average Bonchev–Trinajstić information content (AvgIpc) is 2.70. The number of ether oxygens (including phenoxy) is 1. The Balaban J connectivity index is 2.06. The molecule has 0 aliphatic carbocycles. The second kappa shape index (κ2) is 5.12. The van der Waals surface area contributed by atoms with Crippen molar-refractivity contribution < 1.29 is 4.74 Å². The predicted octanol–water partition coefficient (Wildman–Crippen LogP) is 1.42. The van der Waals surface area contributed by atoms with Crippen molar-refractivity contribution in [3.8, 4) is 0 Å². The molecule has 0 saturated carbocycles. The van der Waals surface area contributed by atoms with Crippen LogP contribution >= 0.6 is 0 Å². The van der Waals surface area contributed by atoms with Gasteiger partial charge in [0.25, 0.3) is 0 Å². The summed E-state index contributed by atoms with van der Waals surface area (Å²) < 4.78 is 5.32. The van der Waals surface area contributed by atoms with Crippen LogP contribution in [0.4, 0.5) is 11.6 Å². The first kappa shape index (κ1) is 11.1. The van der Waals surface area contributed by atoms with Crippen molar-refractivity contribution in [2.24, 2.45) is 0 Å². The minimum atomic E-state index is 0.378. The molecule has 1 aliphatic heterocycles. The first-order valence-corrected chi connectivity index (χ1v) is 5.71. The fourth-order valence-corrected chi connectivity index (χ4v) is 1.77. The molecule has 0 radical (unpaired) electrons. The summed E-state index contributed by atoms with van der Waals surface area (Å²) in [6.07, 6.45) is 1.04. The van der Waals surface area contributed by atoms with E-state index in [0.717, 1.165) is 43.6 Å². The van der Waals surface area contributed by atoms with Gasteiger partial charge in [0.05, 0.1) is 12.6 Å². The minimum Gasteiger partial charge on any atom is -0.379 e. The van der Waals surface area contributed by atoms with Crippen LogP contribution in [0.3, 0.4) is 0 Å². The number of nitrogens with zero attached hydrogens (tertiary/aromatic N) is 2. The molecule has 1 unspecified atom stereocenters. The van der Waals surface area contributed by atoms with E-state index in [2.05, 4.69) is 27.5 Å². The van der Waals surface area contributed by atoms with Crippen LogP contribution in [0, 0.1) is 6.92 Å². The molecule has 0 spiro atoms. The lowest BCUT2D eigenvalue weighted by Crippen LogP contribution is -2.20. The number of hydrogen-bond donors (Lipinski definition) is 2. The van der Waals surface area contributed by atoms with E-state index in [1.807, 2.05) is 13.0 Å². The number of aromatic nitrogens is 2. The fraction of sp³-hybridized carbons (Fsp3) is 0.636. The molecule has 1 aromatic rings. The van der Waals surface area contributed by atoms with Gasteiger partial charge in [-0.25, -0.2) is 9.97 Å². The van der Waals surface area contributed by atoms with E-state index in [-0.39, 0.29) is 0 Å². The molecule has 1 atom stereocenters. The van der Waals surface area contributed by atoms with Crippen molar-refractivity contribution in [1.82, 2.24) is 9.97 Å². The van der Waals surface area contributed by atoms with Gasteiger partial charge in [0, 0.05) is 19.2 Å². The van der Waals surface area contributed by atoms with Crippen molar-refractivity contribution >= 4 is 11.6 Å². The van der Waals surface area contributed by atoms with Gasteiger partial charge < -0.3 is 15.4 Å². The minimum absolute atomic E-state index is 0.378. The lowest BCUT2D eigenvalue weighted by molar-refractivity contribution is 0.195. The molecular formula is C11H18N4O. The van der Waals surface area contributed by atoms with E-state index in [9.17, 15) is 0 Å². The number of anilines is 2. The molecule has 1 aliphatic rings. The van der Waals surface area contributed by atoms with Crippen molar-refractivity contribution in [2.75, 3.05) is 30.4 Å². The number of hydrogen-bond acceptors (Lipinski definition) is 5. The molecule has 88 valence electrons. The van der Waals surface area contributed by atoms with Gasteiger partial charge in [0.1, 0.15) is 17.5 Å². The second-order valence-electron chi connectivity index (χ2n) is 3.92. The smallest absolute Gasteiger partial charge is 0.132 e. The normalized spacial score (nSPS) is 19.8. The molecule has 1 aromatic heterocycles. The SMILES string of the molecule is CCNc1cc(NC2CCOC2)nc(C)n1. The molecule has 0 bridgehead atoms.